The average molecular weight is 155 g/mol. The molecule has 1 aliphatic rings. The molecule has 2 unspecified atom stereocenters. The quantitative estimate of drug-likeness (QED) is 0.582. The number of nitrogens with two attached hydrogens (primary N) is 1. The molecule has 1 rings (SSSR count). The molecule has 0 amide bonds. The van der Waals surface area contributed by atoms with E-state index in [1.54, 1.807) is 0 Å². The van der Waals surface area contributed by atoms with Crippen LogP contribution in [0.1, 0.15) is 12.8 Å². The zero-order chi connectivity index (χ0) is 8.27. The molecule has 0 bridgehead atoms. The number of rotatable bonds is 2. The number of aliphatic hydroxyl groups is 1. The molecule has 1 aliphatic carbocycles. The Balaban J connectivity index is 2.49. The summed E-state index contributed by atoms with van der Waals surface area (Å²) in [5.74, 6) is 0.103. The van der Waals surface area contributed by atoms with E-state index < -0.39 is 6.10 Å². The number of hydrogen-bond acceptors (Lipinski definition) is 3. The Bertz CT molecular complexity index is 177. The van der Waals surface area contributed by atoms with Crippen LogP contribution in [0.2, 0.25) is 0 Å². The minimum Gasteiger partial charge on any atom is -0.385 e. The Morgan fingerprint density at radius 1 is 1.73 bits per heavy atom. The molecule has 62 valence electrons. The summed E-state index contributed by atoms with van der Waals surface area (Å²) < 4.78 is 0. The molecule has 0 aromatic carbocycles. The zero-order valence-electron chi connectivity index (χ0n) is 6.36. The first-order valence-electron chi connectivity index (χ1n) is 3.84. The van der Waals surface area contributed by atoms with Crippen molar-refractivity contribution in [3.05, 3.63) is 12.2 Å². The Morgan fingerprint density at radius 2 is 2.45 bits per heavy atom. The van der Waals surface area contributed by atoms with E-state index in [0.717, 1.165) is 6.42 Å². The molecule has 3 nitrogen and oxygen atoms in total. The predicted molar refractivity (Wildman–Crippen MR) is 41.9 cm³/mol. The molecule has 0 saturated heterocycles. The summed E-state index contributed by atoms with van der Waals surface area (Å²) in [6, 6.07) is 0. The van der Waals surface area contributed by atoms with Crippen LogP contribution in [0.25, 0.3) is 0 Å². The van der Waals surface area contributed by atoms with Crippen LogP contribution in [-0.4, -0.2) is 23.5 Å². The fourth-order valence-electron chi connectivity index (χ4n) is 1.25. The number of hydrogen-bond donors (Lipinski definition) is 2. The van der Waals surface area contributed by atoms with Crippen molar-refractivity contribution in [3.63, 3.8) is 0 Å². The van der Waals surface area contributed by atoms with E-state index in [0.29, 0.717) is 13.0 Å². The molecule has 0 fully saturated rings. The highest BCUT2D eigenvalue weighted by Gasteiger charge is 2.21. The number of ketones is 1. The lowest BCUT2D eigenvalue weighted by Crippen LogP contribution is -2.26. The maximum Gasteiger partial charge on any atom is 0.183 e. The van der Waals surface area contributed by atoms with Crippen LogP contribution in [-0.2, 0) is 4.79 Å². The Kier molecular flexibility index (Phi) is 2.79. The van der Waals surface area contributed by atoms with Gasteiger partial charge in [0.25, 0.3) is 0 Å². The maximum absolute atomic E-state index is 10.8. The topological polar surface area (TPSA) is 63.3 Å². The monoisotopic (exact) mass is 155 g/mol. The SMILES string of the molecule is NCCC1C=CC(=O)C(O)C1. The van der Waals surface area contributed by atoms with E-state index in [1.807, 2.05) is 6.08 Å². The van der Waals surface area contributed by atoms with Gasteiger partial charge in [0, 0.05) is 0 Å². The van der Waals surface area contributed by atoms with Crippen molar-refractivity contribution in [1.29, 1.82) is 0 Å². The first-order valence-corrected chi connectivity index (χ1v) is 3.84. The number of allylic oxidation sites excluding steroid dienone is 1. The molecule has 3 N–H and O–H groups in total. The van der Waals surface area contributed by atoms with Crippen molar-refractivity contribution in [1.82, 2.24) is 0 Å². The lowest BCUT2D eigenvalue weighted by atomic mass is 9.90. The highest BCUT2D eigenvalue weighted by Crippen LogP contribution is 2.17. The van der Waals surface area contributed by atoms with Gasteiger partial charge in [0.15, 0.2) is 5.78 Å². The largest absolute Gasteiger partial charge is 0.385 e. The summed E-state index contributed by atoms with van der Waals surface area (Å²) in [6.07, 6.45) is 3.88. The molecule has 0 spiro atoms. The number of aliphatic hydroxyl groups excluding tert-OH is 1. The molecule has 0 radical (unpaired) electrons. The maximum atomic E-state index is 10.8. The van der Waals surface area contributed by atoms with E-state index >= 15 is 0 Å². The molecule has 0 aromatic rings. The second-order valence-corrected chi connectivity index (χ2v) is 2.85. The van der Waals surface area contributed by atoms with Crippen molar-refractivity contribution in [3.8, 4) is 0 Å². The van der Waals surface area contributed by atoms with Crippen LogP contribution in [0.4, 0.5) is 0 Å². The Morgan fingerprint density at radius 3 is 3.00 bits per heavy atom. The zero-order valence-corrected chi connectivity index (χ0v) is 6.36. The van der Waals surface area contributed by atoms with Gasteiger partial charge in [-0.05, 0) is 31.4 Å². The molecule has 0 aliphatic heterocycles. The summed E-state index contributed by atoms with van der Waals surface area (Å²) in [6.45, 7) is 0.607. The Hall–Kier alpha value is -0.670. The lowest BCUT2D eigenvalue weighted by molar-refractivity contribution is -0.123. The van der Waals surface area contributed by atoms with Crippen LogP contribution < -0.4 is 5.73 Å². The summed E-state index contributed by atoms with van der Waals surface area (Å²) in [5.41, 5.74) is 5.34. The third-order valence-electron chi connectivity index (χ3n) is 1.92. The van der Waals surface area contributed by atoms with Crippen LogP contribution >= 0.6 is 0 Å². The van der Waals surface area contributed by atoms with Gasteiger partial charge in [-0.25, -0.2) is 0 Å². The van der Waals surface area contributed by atoms with Crippen molar-refractivity contribution >= 4 is 5.78 Å². The molecule has 2 atom stereocenters. The highest BCUT2D eigenvalue weighted by atomic mass is 16.3. The minimum atomic E-state index is -0.795. The smallest absolute Gasteiger partial charge is 0.183 e. The van der Waals surface area contributed by atoms with Gasteiger partial charge in [-0.15, -0.1) is 0 Å². The fraction of sp³-hybridized carbons (Fsp3) is 0.625. The van der Waals surface area contributed by atoms with E-state index in [9.17, 15) is 4.79 Å². The summed E-state index contributed by atoms with van der Waals surface area (Å²) >= 11 is 0. The van der Waals surface area contributed by atoms with Gasteiger partial charge in [-0.2, -0.15) is 0 Å². The van der Waals surface area contributed by atoms with Crippen LogP contribution in [0.15, 0.2) is 12.2 Å². The normalized spacial score (nSPS) is 30.9. The second kappa shape index (κ2) is 3.64. The molecule has 3 heteroatoms. The van der Waals surface area contributed by atoms with E-state index in [-0.39, 0.29) is 11.7 Å². The molecule has 0 saturated carbocycles. The van der Waals surface area contributed by atoms with Crippen LogP contribution in [0.5, 0.6) is 0 Å². The first-order chi connectivity index (χ1) is 5.24. The van der Waals surface area contributed by atoms with E-state index in [2.05, 4.69) is 0 Å². The first kappa shape index (κ1) is 8.43. The van der Waals surface area contributed by atoms with Crippen LogP contribution in [0.3, 0.4) is 0 Å². The van der Waals surface area contributed by atoms with Gasteiger partial charge in [0.05, 0.1) is 0 Å². The molecule has 0 aromatic heterocycles. The molecular formula is C8H13NO2. The third kappa shape index (κ3) is 2.13. The van der Waals surface area contributed by atoms with Gasteiger partial charge < -0.3 is 10.8 Å². The summed E-state index contributed by atoms with van der Waals surface area (Å²) in [5, 5.41) is 9.13. The highest BCUT2D eigenvalue weighted by molar-refractivity contribution is 5.94. The third-order valence-corrected chi connectivity index (χ3v) is 1.92. The number of carbonyl (C=O) groups is 1. The summed E-state index contributed by atoms with van der Waals surface area (Å²) in [7, 11) is 0. The molecule has 0 heterocycles. The van der Waals surface area contributed by atoms with Gasteiger partial charge in [0.2, 0.25) is 0 Å². The van der Waals surface area contributed by atoms with Crippen molar-refractivity contribution in [2.24, 2.45) is 11.7 Å². The average Bonchev–Trinajstić information content (AvgIpc) is 1.98. The van der Waals surface area contributed by atoms with Crippen molar-refractivity contribution in [2.45, 2.75) is 18.9 Å². The molecule has 11 heavy (non-hydrogen) atoms. The number of carbonyl (C=O) groups excluding carboxylic acids is 1. The van der Waals surface area contributed by atoms with Crippen molar-refractivity contribution in [2.75, 3.05) is 6.54 Å². The van der Waals surface area contributed by atoms with Crippen LogP contribution in [0, 0.1) is 5.92 Å². The van der Waals surface area contributed by atoms with E-state index in [4.69, 9.17) is 10.8 Å². The molecular weight excluding hydrogens is 142 g/mol. The standard InChI is InChI=1S/C8H13NO2/c9-4-3-6-1-2-7(10)8(11)5-6/h1-2,6,8,11H,3-5,9H2. The van der Waals surface area contributed by atoms with Gasteiger partial charge in [-0.1, -0.05) is 6.08 Å². The van der Waals surface area contributed by atoms with Gasteiger partial charge in [-0.3, -0.25) is 4.79 Å². The summed E-state index contributed by atoms with van der Waals surface area (Å²) in [4.78, 5) is 10.8. The Labute approximate surface area is 65.9 Å². The minimum absolute atomic E-state index is 0.182. The lowest BCUT2D eigenvalue weighted by Gasteiger charge is -2.18. The fourth-order valence-corrected chi connectivity index (χ4v) is 1.25. The second-order valence-electron chi connectivity index (χ2n) is 2.85. The van der Waals surface area contributed by atoms with Crippen molar-refractivity contribution < 1.29 is 9.90 Å². The van der Waals surface area contributed by atoms with E-state index in [1.165, 1.54) is 6.08 Å². The predicted octanol–water partition coefficient (Wildman–Crippen LogP) is -0.159. The van der Waals surface area contributed by atoms with Gasteiger partial charge in [0.1, 0.15) is 6.10 Å². The van der Waals surface area contributed by atoms with Gasteiger partial charge >= 0.3 is 0 Å².